The largest absolute Gasteiger partial charge is 0.363 e. The van der Waals surface area contributed by atoms with E-state index in [-0.39, 0.29) is 11.7 Å². The number of fused-ring (bicyclic) bond motifs is 2. The summed E-state index contributed by atoms with van der Waals surface area (Å²) in [6.45, 7) is 8.68. The predicted octanol–water partition coefficient (Wildman–Crippen LogP) is 3.43. The highest BCUT2D eigenvalue weighted by molar-refractivity contribution is 5.96. The van der Waals surface area contributed by atoms with Crippen LogP contribution in [0.4, 0.5) is 0 Å². The molecule has 3 heteroatoms. The Morgan fingerprint density at radius 2 is 2.05 bits per heavy atom. The van der Waals surface area contributed by atoms with E-state index < -0.39 is 17.3 Å². The van der Waals surface area contributed by atoms with Crippen molar-refractivity contribution < 1.29 is 14.3 Å². The lowest BCUT2D eigenvalue weighted by atomic mass is 9.74. The van der Waals surface area contributed by atoms with E-state index in [4.69, 9.17) is 9.47 Å². The minimum absolute atomic E-state index is 0.139. The van der Waals surface area contributed by atoms with E-state index in [1.807, 2.05) is 19.1 Å². The highest BCUT2D eigenvalue weighted by Crippen LogP contribution is 2.52. The number of benzene rings is 1. The highest BCUT2D eigenvalue weighted by Gasteiger charge is 2.66. The van der Waals surface area contributed by atoms with Crippen molar-refractivity contribution in [3.05, 3.63) is 35.4 Å². The number of aryl methyl sites for hydroxylation is 1. The quantitative estimate of drug-likeness (QED) is 0.851. The number of carbonyl (C=O) groups is 1. The van der Waals surface area contributed by atoms with Crippen molar-refractivity contribution >= 4 is 5.78 Å². The van der Waals surface area contributed by atoms with Crippen LogP contribution in [0.25, 0.3) is 0 Å². The molecule has 0 radical (unpaired) electrons. The smallest absolute Gasteiger partial charge is 0.196 e. The summed E-state index contributed by atoms with van der Waals surface area (Å²) in [5.41, 5.74) is 1.25. The summed E-state index contributed by atoms with van der Waals surface area (Å²) in [7, 11) is 0. The van der Waals surface area contributed by atoms with Crippen molar-refractivity contribution in [2.75, 3.05) is 0 Å². The summed E-state index contributed by atoms with van der Waals surface area (Å²) in [6.07, 6.45) is 1.29. The van der Waals surface area contributed by atoms with E-state index in [2.05, 4.69) is 32.9 Å². The molecular formula is C18H24O3. The maximum Gasteiger partial charge on any atom is 0.196 e. The molecule has 2 fully saturated rings. The van der Waals surface area contributed by atoms with Gasteiger partial charge >= 0.3 is 0 Å². The lowest BCUT2D eigenvalue weighted by molar-refractivity contribution is -0.139. The van der Waals surface area contributed by atoms with Crippen molar-refractivity contribution in [2.24, 2.45) is 5.92 Å². The van der Waals surface area contributed by atoms with Crippen molar-refractivity contribution in [3.8, 4) is 0 Å². The maximum atomic E-state index is 12.8. The zero-order valence-electron chi connectivity index (χ0n) is 13.3. The van der Waals surface area contributed by atoms with Gasteiger partial charge in [0.1, 0.15) is 17.3 Å². The second-order valence-corrected chi connectivity index (χ2v) is 6.94. The van der Waals surface area contributed by atoms with Gasteiger partial charge in [0, 0.05) is 0 Å². The molecule has 2 heterocycles. The van der Waals surface area contributed by atoms with E-state index in [9.17, 15) is 4.79 Å². The second-order valence-electron chi connectivity index (χ2n) is 6.94. The lowest BCUT2D eigenvalue weighted by Gasteiger charge is -2.30. The van der Waals surface area contributed by atoms with Gasteiger partial charge in [-0.05, 0) is 43.7 Å². The Hall–Kier alpha value is -1.19. The van der Waals surface area contributed by atoms with Gasteiger partial charge in [-0.1, -0.05) is 38.1 Å². The fraction of sp³-hybridized carbons (Fsp3) is 0.611. The Morgan fingerprint density at radius 1 is 1.33 bits per heavy atom. The first kappa shape index (κ1) is 14.7. The zero-order valence-corrected chi connectivity index (χ0v) is 13.3. The van der Waals surface area contributed by atoms with Gasteiger partial charge in [-0.2, -0.15) is 0 Å². The molecule has 1 aromatic rings. The van der Waals surface area contributed by atoms with Crippen LogP contribution in [0.1, 0.15) is 44.7 Å². The molecule has 3 nitrogen and oxygen atoms in total. The van der Waals surface area contributed by atoms with Gasteiger partial charge in [0.2, 0.25) is 0 Å². The van der Waals surface area contributed by atoms with Gasteiger partial charge < -0.3 is 9.47 Å². The van der Waals surface area contributed by atoms with Crippen LogP contribution in [0.15, 0.2) is 24.3 Å². The van der Waals surface area contributed by atoms with E-state index in [0.29, 0.717) is 6.61 Å². The topological polar surface area (TPSA) is 35.5 Å². The number of carbonyl (C=O) groups excluding carboxylic acids is 1. The van der Waals surface area contributed by atoms with Crippen LogP contribution in [0.2, 0.25) is 0 Å². The monoisotopic (exact) mass is 288 g/mol. The first-order valence-electron chi connectivity index (χ1n) is 7.80. The SMILES string of the molecule is Cc1ccccc1COC1C(=O)C2(C(C)C)CCC1(C)O2. The molecule has 3 atom stereocenters. The van der Waals surface area contributed by atoms with E-state index in [0.717, 1.165) is 18.4 Å². The molecule has 21 heavy (non-hydrogen) atoms. The van der Waals surface area contributed by atoms with Gasteiger partial charge in [0.05, 0.1) is 6.61 Å². The molecule has 0 N–H and O–H groups in total. The van der Waals surface area contributed by atoms with Crippen LogP contribution >= 0.6 is 0 Å². The van der Waals surface area contributed by atoms with Crippen LogP contribution in [0.3, 0.4) is 0 Å². The Balaban J connectivity index is 1.78. The van der Waals surface area contributed by atoms with Crippen molar-refractivity contribution in [1.82, 2.24) is 0 Å². The molecule has 3 rings (SSSR count). The van der Waals surface area contributed by atoms with E-state index in [1.165, 1.54) is 5.56 Å². The second kappa shape index (κ2) is 4.92. The molecule has 2 aliphatic heterocycles. The van der Waals surface area contributed by atoms with Crippen LogP contribution in [0, 0.1) is 12.8 Å². The van der Waals surface area contributed by atoms with Gasteiger partial charge in [0.25, 0.3) is 0 Å². The maximum absolute atomic E-state index is 12.8. The van der Waals surface area contributed by atoms with Crippen LogP contribution in [-0.2, 0) is 20.9 Å². The predicted molar refractivity (Wildman–Crippen MR) is 81.1 cm³/mol. The average Bonchev–Trinajstić information content (AvgIpc) is 2.90. The minimum Gasteiger partial charge on any atom is -0.363 e. The van der Waals surface area contributed by atoms with Crippen molar-refractivity contribution in [2.45, 2.75) is 64.4 Å². The standard InChI is InChI=1S/C18H24O3/c1-12(2)18-10-9-17(4,21-18)16(15(18)19)20-11-14-8-6-5-7-13(14)3/h5-8,12,16H,9-11H2,1-4H3. The number of hydrogen-bond acceptors (Lipinski definition) is 3. The Morgan fingerprint density at radius 3 is 2.67 bits per heavy atom. The number of ether oxygens (including phenoxy) is 2. The number of Topliss-reactive ketones (excluding diaryl/α,β-unsaturated/α-hetero) is 1. The highest BCUT2D eigenvalue weighted by atomic mass is 16.6. The third kappa shape index (κ3) is 2.14. The number of ketones is 1. The molecule has 0 aliphatic carbocycles. The molecular weight excluding hydrogens is 264 g/mol. The van der Waals surface area contributed by atoms with Crippen molar-refractivity contribution in [1.29, 1.82) is 0 Å². The number of rotatable bonds is 4. The summed E-state index contributed by atoms with van der Waals surface area (Å²) >= 11 is 0. The fourth-order valence-electron chi connectivity index (χ4n) is 3.70. The van der Waals surface area contributed by atoms with Gasteiger partial charge in [-0.3, -0.25) is 4.79 Å². The molecule has 0 spiro atoms. The minimum atomic E-state index is -0.620. The summed E-state index contributed by atoms with van der Waals surface area (Å²) in [5, 5.41) is 0. The van der Waals surface area contributed by atoms with Crippen LogP contribution in [-0.4, -0.2) is 23.1 Å². The van der Waals surface area contributed by atoms with Crippen LogP contribution in [0.5, 0.6) is 0 Å². The number of hydrogen-bond donors (Lipinski definition) is 0. The summed E-state index contributed by atoms with van der Waals surface area (Å²) in [5.74, 6) is 0.332. The first-order chi connectivity index (χ1) is 9.89. The Bertz CT molecular complexity index is 565. The summed E-state index contributed by atoms with van der Waals surface area (Å²) < 4.78 is 12.2. The third-order valence-corrected chi connectivity index (χ3v) is 5.22. The van der Waals surface area contributed by atoms with Gasteiger partial charge in [0.15, 0.2) is 5.78 Å². The molecule has 3 unspecified atom stereocenters. The normalized spacial score (nSPS) is 34.9. The van der Waals surface area contributed by atoms with Gasteiger partial charge in [-0.25, -0.2) is 0 Å². The molecule has 2 saturated heterocycles. The van der Waals surface area contributed by atoms with E-state index in [1.54, 1.807) is 0 Å². The van der Waals surface area contributed by atoms with Gasteiger partial charge in [-0.15, -0.1) is 0 Å². The molecule has 0 amide bonds. The molecule has 114 valence electrons. The average molecular weight is 288 g/mol. The molecule has 2 aliphatic rings. The lowest BCUT2D eigenvalue weighted by Crippen LogP contribution is -2.48. The Kier molecular flexibility index (Phi) is 3.45. The van der Waals surface area contributed by atoms with Crippen molar-refractivity contribution in [3.63, 3.8) is 0 Å². The molecule has 2 bridgehead atoms. The molecule has 0 saturated carbocycles. The van der Waals surface area contributed by atoms with Crippen LogP contribution < -0.4 is 0 Å². The zero-order chi connectivity index (χ0) is 15.3. The molecule has 1 aromatic carbocycles. The Labute approximate surface area is 126 Å². The summed E-state index contributed by atoms with van der Waals surface area (Å²) in [4.78, 5) is 12.8. The third-order valence-electron chi connectivity index (χ3n) is 5.22. The van der Waals surface area contributed by atoms with E-state index >= 15 is 0 Å². The first-order valence-corrected chi connectivity index (χ1v) is 7.80. The summed E-state index contributed by atoms with van der Waals surface area (Å²) in [6, 6.07) is 8.13. The molecule has 0 aromatic heterocycles. The fourth-order valence-corrected chi connectivity index (χ4v) is 3.70.